The average Bonchev–Trinajstić information content (AvgIpc) is 2.53. The molecule has 0 aliphatic heterocycles. The first-order valence-electron chi connectivity index (χ1n) is 7.74. The Balaban J connectivity index is 1.68. The normalized spacial score (nSPS) is 19.0. The molecule has 21 heavy (non-hydrogen) atoms. The van der Waals surface area contributed by atoms with Gasteiger partial charge in [-0.3, -0.25) is 4.79 Å². The van der Waals surface area contributed by atoms with Crippen LogP contribution in [0.15, 0.2) is 47.3 Å². The van der Waals surface area contributed by atoms with Gasteiger partial charge in [0.25, 0.3) is 0 Å². The van der Waals surface area contributed by atoms with Crippen molar-refractivity contribution in [1.29, 1.82) is 0 Å². The van der Waals surface area contributed by atoms with Crippen molar-refractivity contribution in [2.45, 2.75) is 38.1 Å². The van der Waals surface area contributed by atoms with E-state index in [9.17, 15) is 4.79 Å². The van der Waals surface area contributed by atoms with Crippen LogP contribution in [0.5, 0.6) is 0 Å². The molecule has 2 unspecified atom stereocenters. The summed E-state index contributed by atoms with van der Waals surface area (Å²) in [6.45, 7) is 3.20. The third-order valence-corrected chi connectivity index (χ3v) is 4.37. The van der Waals surface area contributed by atoms with E-state index in [-0.39, 0.29) is 5.56 Å². The van der Waals surface area contributed by atoms with Crippen molar-refractivity contribution in [3.63, 3.8) is 0 Å². The van der Waals surface area contributed by atoms with Crippen LogP contribution in [0.4, 0.5) is 0 Å². The highest BCUT2D eigenvalue weighted by molar-refractivity contribution is 5.26. The Morgan fingerprint density at radius 2 is 2.05 bits per heavy atom. The Kier molecular flexibility index (Phi) is 4.20. The summed E-state index contributed by atoms with van der Waals surface area (Å²) in [5.41, 5.74) is 3.74. The number of aromatic nitrogens is 1. The fourth-order valence-corrected chi connectivity index (χ4v) is 3.13. The SMILES string of the molecule is CC(CNC1CCCc2[nH]c(=O)ccc21)c1ccccc1. The third kappa shape index (κ3) is 3.24. The quantitative estimate of drug-likeness (QED) is 0.905. The third-order valence-electron chi connectivity index (χ3n) is 4.37. The topological polar surface area (TPSA) is 44.9 Å². The minimum absolute atomic E-state index is 0.00653. The van der Waals surface area contributed by atoms with Crippen molar-refractivity contribution in [3.8, 4) is 0 Å². The minimum atomic E-state index is 0.00653. The van der Waals surface area contributed by atoms with Crippen LogP contribution in [0.3, 0.4) is 0 Å². The van der Waals surface area contributed by atoms with Crippen LogP contribution < -0.4 is 10.9 Å². The second kappa shape index (κ2) is 6.27. The molecule has 3 rings (SSSR count). The van der Waals surface area contributed by atoms with Crippen LogP contribution >= 0.6 is 0 Å². The summed E-state index contributed by atoms with van der Waals surface area (Å²) >= 11 is 0. The Morgan fingerprint density at radius 3 is 2.86 bits per heavy atom. The summed E-state index contributed by atoms with van der Waals surface area (Å²) in [4.78, 5) is 14.4. The molecule has 110 valence electrons. The summed E-state index contributed by atoms with van der Waals surface area (Å²) in [5.74, 6) is 0.485. The standard InChI is InChI=1S/C18H22N2O/c1-13(14-6-3-2-4-7-14)12-19-16-8-5-9-17-15(16)10-11-18(21)20-17/h2-4,6-7,10-11,13,16,19H,5,8-9,12H2,1H3,(H,20,21). The van der Waals surface area contributed by atoms with E-state index in [1.807, 2.05) is 6.07 Å². The first-order valence-corrected chi connectivity index (χ1v) is 7.74. The van der Waals surface area contributed by atoms with E-state index in [1.165, 1.54) is 11.1 Å². The van der Waals surface area contributed by atoms with Gasteiger partial charge in [-0.25, -0.2) is 0 Å². The van der Waals surface area contributed by atoms with Gasteiger partial charge in [0.1, 0.15) is 0 Å². The summed E-state index contributed by atoms with van der Waals surface area (Å²) in [5, 5.41) is 3.67. The van der Waals surface area contributed by atoms with E-state index in [4.69, 9.17) is 0 Å². The molecule has 0 saturated heterocycles. The minimum Gasteiger partial charge on any atom is -0.326 e. The molecule has 0 fully saturated rings. The first kappa shape index (κ1) is 14.1. The van der Waals surface area contributed by atoms with Crippen molar-refractivity contribution in [3.05, 3.63) is 69.6 Å². The highest BCUT2D eigenvalue weighted by Crippen LogP contribution is 2.28. The fraction of sp³-hybridized carbons (Fsp3) is 0.389. The molecule has 1 aliphatic carbocycles. The number of pyridine rings is 1. The highest BCUT2D eigenvalue weighted by atomic mass is 16.1. The van der Waals surface area contributed by atoms with Gasteiger partial charge in [-0.15, -0.1) is 0 Å². The van der Waals surface area contributed by atoms with Gasteiger partial charge in [0.05, 0.1) is 0 Å². The van der Waals surface area contributed by atoms with Crippen molar-refractivity contribution in [2.24, 2.45) is 0 Å². The molecule has 1 heterocycles. The van der Waals surface area contributed by atoms with Crippen LogP contribution in [-0.4, -0.2) is 11.5 Å². The lowest BCUT2D eigenvalue weighted by Gasteiger charge is -2.27. The van der Waals surface area contributed by atoms with Gasteiger partial charge >= 0.3 is 0 Å². The molecule has 1 aromatic heterocycles. The summed E-state index contributed by atoms with van der Waals surface area (Å²) in [7, 11) is 0. The number of hydrogen-bond acceptors (Lipinski definition) is 2. The highest BCUT2D eigenvalue weighted by Gasteiger charge is 2.20. The molecule has 0 spiro atoms. The molecule has 1 aliphatic rings. The van der Waals surface area contributed by atoms with Crippen molar-refractivity contribution in [2.75, 3.05) is 6.54 Å². The van der Waals surface area contributed by atoms with E-state index in [2.05, 4.69) is 47.6 Å². The van der Waals surface area contributed by atoms with Crippen LogP contribution in [0.25, 0.3) is 0 Å². The zero-order valence-corrected chi connectivity index (χ0v) is 12.4. The van der Waals surface area contributed by atoms with Gasteiger partial charge in [0.2, 0.25) is 5.56 Å². The van der Waals surface area contributed by atoms with Crippen LogP contribution in [-0.2, 0) is 6.42 Å². The zero-order chi connectivity index (χ0) is 14.7. The second-order valence-electron chi connectivity index (χ2n) is 5.92. The lowest BCUT2D eigenvalue weighted by atomic mass is 9.90. The molecule has 3 heteroatoms. The van der Waals surface area contributed by atoms with Crippen LogP contribution in [0, 0.1) is 0 Å². The lowest BCUT2D eigenvalue weighted by Crippen LogP contribution is -2.30. The molecule has 2 N–H and O–H groups in total. The molecule has 1 aromatic carbocycles. The number of benzene rings is 1. The first-order chi connectivity index (χ1) is 10.2. The fourth-order valence-electron chi connectivity index (χ4n) is 3.13. The molecule has 0 amide bonds. The monoisotopic (exact) mass is 282 g/mol. The Morgan fingerprint density at radius 1 is 1.24 bits per heavy atom. The number of rotatable bonds is 4. The molecule has 2 atom stereocenters. The smallest absolute Gasteiger partial charge is 0.248 e. The maximum atomic E-state index is 11.4. The predicted molar refractivity (Wildman–Crippen MR) is 85.6 cm³/mol. The number of H-pyrrole nitrogens is 1. The summed E-state index contributed by atoms with van der Waals surface area (Å²) < 4.78 is 0. The van der Waals surface area contributed by atoms with Crippen molar-refractivity contribution < 1.29 is 0 Å². The zero-order valence-electron chi connectivity index (χ0n) is 12.4. The van der Waals surface area contributed by atoms with Crippen LogP contribution in [0.1, 0.15) is 48.5 Å². The maximum absolute atomic E-state index is 11.4. The van der Waals surface area contributed by atoms with E-state index < -0.39 is 0 Å². The predicted octanol–water partition coefficient (Wildman–Crippen LogP) is 3.15. The maximum Gasteiger partial charge on any atom is 0.248 e. The van der Waals surface area contributed by atoms with E-state index in [1.54, 1.807) is 6.07 Å². The van der Waals surface area contributed by atoms with Gasteiger partial charge < -0.3 is 10.3 Å². The number of aromatic amines is 1. The Labute approximate surface area is 125 Å². The molecule has 0 radical (unpaired) electrons. The number of aryl methyl sites for hydroxylation is 1. The van der Waals surface area contributed by atoms with Gasteiger partial charge in [-0.05, 0) is 36.3 Å². The molecular formula is C18H22N2O. The number of nitrogens with one attached hydrogen (secondary N) is 2. The molecule has 3 nitrogen and oxygen atoms in total. The molecule has 0 bridgehead atoms. The number of hydrogen-bond donors (Lipinski definition) is 2. The van der Waals surface area contributed by atoms with Crippen LogP contribution in [0.2, 0.25) is 0 Å². The van der Waals surface area contributed by atoms with E-state index in [0.717, 1.165) is 31.5 Å². The molecular weight excluding hydrogens is 260 g/mol. The largest absolute Gasteiger partial charge is 0.326 e. The average molecular weight is 282 g/mol. The van der Waals surface area contributed by atoms with Gasteiger partial charge in [0, 0.05) is 24.3 Å². The Bertz CT molecular complexity index is 648. The van der Waals surface area contributed by atoms with Gasteiger partial charge in [0.15, 0.2) is 0 Å². The Hall–Kier alpha value is -1.87. The van der Waals surface area contributed by atoms with Gasteiger partial charge in [-0.2, -0.15) is 0 Å². The van der Waals surface area contributed by atoms with Gasteiger partial charge in [-0.1, -0.05) is 43.3 Å². The van der Waals surface area contributed by atoms with Crippen molar-refractivity contribution >= 4 is 0 Å². The summed E-state index contributed by atoms with van der Waals surface area (Å²) in [6.07, 6.45) is 3.25. The second-order valence-corrected chi connectivity index (χ2v) is 5.92. The summed E-state index contributed by atoms with van der Waals surface area (Å²) in [6, 6.07) is 14.6. The van der Waals surface area contributed by atoms with Crippen molar-refractivity contribution in [1.82, 2.24) is 10.3 Å². The molecule has 0 saturated carbocycles. The number of fused-ring (bicyclic) bond motifs is 1. The molecule has 2 aromatic rings. The van der Waals surface area contributed by atoms with E-state index in [0.29, 0.717) is 12.0 Å². The lowest BCUT2D eigenvalue weighted by molar-refractivity contribution is 0.441. The van der Waals surface area contributed by atoms with E-state index >= 15 is 0 Å².